The molecule has 1 aromatic carbocycles. The van der Waals surface area contributed by atoms with Crippen LogP contribution < -0.4 is 5.32 Å². The zero-order chi connectivity index (χ0) is 22.4. The van der Waals surface area contributed by atoms with Gasteiger partial charge in [0.05, 0.1) is 25.3 Å². The van der Waals surface area contributed by atoms with Crippen molar-refractivity contribution >= 4 is 29.6 Å². The first-order valence-corrected chi connectivity index (χ1v) is 10.6. The van der Waals surface area contributed by atoms with Crippen molar-refractivity contribution in [1.29, 1.82) is 0 Å². The van der Waals surface area contributed by atoms with Crippen molar-refractivity contribution in [3.05, 3.63) is 29.3 Å². The molecule has 1 aromatic rings. The van der Waals surface area contributed by atoms with Crippen LogP contribution in [0.5, 0.6) is 0 Å². The zero-order valence-corrected chi connectivity index (χ0v) is 18.0. The Labute approximate surface area is 181 Å². The van der Waals surface area contributed by atoms with Crippen molar-refractivity contribution in [2.75, 3.05) is 45.7 Å². The Balaban J connectivity index is 1.62. The molecule has 3 amide bonds. The van der Waals surface area contributed by atoms with Gasteiger partial charge in [0.2, 0.25) is 5.91 Å². The van der Waals surface area contributed by atoms with Crippen molar-refractivity contribution in [1.82, 2.24) is 9.80 Å². The number of esters is 2. The highest BCUT2D eigenvalue weighted by Crippen LogP contribution is 2.26. The highest BCUT2D eigenvalue weighted by atomic mass is 16.5. The predicted octanol–water partition coefficient (Wildman–Crippen LogP) is 2.52. The van der Waals surface area contributed by atoms with Crippen LogP contribution in [0.1, 0.15) is 52.8 Å². The standard InChI is InChI=1S/C22H29N3O6/c1-30-20(27)16-12-17(21(28)31-2)14-18(13-16)23-22(29)25-10-8-24(9-11-25)19(26)15-6-4-3-5-7-15/h12-15H,3-11H2,1-2H3,(H,23,29). The molecule has 2 aliphatic rings. The number of carbonyl (C=O) groups excluding carboxylic acids is 4. The van der Waals surface area contributed by atoms with E-state index in [1.54, 1.807) is 4.90 Å². The van der Waals surface area contributed by atoms with Crippen molar-refractivity contribution in [3.8, 4) is 0 Å². The van der Waals surface area contributed by atoms with E-state index in [2.05, 4.69) is 5.32 Å². The minimum absolute atomic E-state index is 0.118. The maximum absolute atomic E-state index is 12.7. The van der Waals surface area contributed by atoms with E-state index < -0.39 is 11.9 Å². The smallest absolute Gasteiger partial charge is 0.337 e. The highest BCUT2D eigenvalue weighted by Gasteiger charge is 2.29. The maximum atomic E-state index is 12.7. The molecule has 0 bridgehead atoms. The second-order valence-corrected chi connectivity index (χ2v) is 7.86. The normalized spacial score (nSPS) is 17.1. The minimum Gasteiger partial charge on any atom is -0.465 e. The van der Waals surface area contributed by atoms with Gasteiger partial charge in [-0.25, -0.2) is 14.4 Å². The third kappa shape index (κ3) is 5.53. The van der Waals surface area contributed by atoms with Crippen LogP contribution >= 0.6 is 0 Å². The van der Waals surface area contributed by atoms with Gasteiger partial charge in [-0.05, 0) is 31.0 Å². The highest BCUT2D eigenvalue weighted by molar-refractivity contribution is 5.99. The number of rotatable bonds is 4. The molecule has 3 rings (SSSR count). The molecule has 9 nitrogen and oxygen atoms in total. The van der Waals surface area contributed by atoms with E-state index in [0.29, 0.717) is 26.2 Å². The van der Waals surface area contributed by atoms with Crippen molar-refractivity contribution in [3.63, 3.8) is 0 Å². The van der Waals surface area contributed by atoms with Gasteiger partial charge in [0.25, 0.3) is 0 Å². The second kappa shape index (κ2) is 10.3. The van der Waals surface area contributed by atoms with Crippen LogP contribution in [0.25, 0.3) is 0 Å². The average molecular weight is 431 g/mol. The van der Waals surface area contributed by atoms with Crippen LogP contribution in [-0.4, -0.2) is 74.1 Å². The van der Waals surface area contributed by atoms with Gasteiger partial charge in [-0.2, -0.15) is 0 Å². The summed E-state index contributed by atoms with van der Waals surface area (Å²) in [6, 6.07) is 3.88. The number of hydrogen-bond donors (Lipinski definition) is 1. The molecule has 0 aromatic heterocycles. The lowest BCUT2D eigenvalue weighted by molar-refractivity contribution is -0.138. The number of benzene rings is 1. The Kier molecular flexibility index (Phi) is 7.49. The fourth-order valence-corrected chi connectivity index (χ4v) is 4.11. The molecule has 1 saturated carbocycles. The average Bonchev–Trinajstić information content (AvgIpc) is 2.82. The van der Waals surface area contributed by atoms with Crippen LogP contribution in [0, 0.1) is 5.92 Å². The first-order chi connectivity index (χ1) is 14.9. The fourth-order valence-electron chi connectivity index (χ4n) is 4.11. The van der Waals surface area contributed by atoms with E-state index in [-0.39, 0.29) is 34.7 Å². The van der Waals surface area contributed by atoms with E-state index in [0.717, 1.165) is 25.7 Å². The number of nitrogens with zero attached hydrogens (tertiary/aromatic N) is 2. The maximum Gasteiger partial charge on any atom is 0.337 e. The molecule has 1 saturated heterocycles. The third-order valence-corrected chi connectivity index (χ3v) is 5.86. The molecule has 0 unspecified atom stereocenters. The van der Waals surface area contributed by atoms with Crippen LogP contribution in [0.4, 0.5) is 10.5 Å². The Morgan fingerprint density at radius 1 is 0.806 bits per heavy atom. The number of hydrogen-bond acceptors (Lipinski definition) is 6. The Morgan fingerprint density at radius 3 is 1.84 bits per heavy atom. The van der Waals surface area contributed by atoms with Crippen LogP contribution in [0.3, 0.4) is 0 Å². The number of urea groups is 1. The largest absolute Gasteiger partial charge is 0.465 e. The van der Waals surface area contributed by atoms with E-state index in [1.165, 1.54) is 38.8 Å². The number of piperazine rings is 1. The summed E-state index contributed by atoms with van der Waals surface area (Å²) in [7, 11) is 2.47. The van der Waals surface area contributed by atoms with E-state index in [9.17, 15) is 19.2 Å². The number of amides is 3. The van der Waals surface area contributed by atoms with Gasteiger partial charge in [0.1, 0.15) is 0 Å². The lowest BCUT2D eigenvalue weighted by Gasteiger charge is -2.37. The Bertz CT molecular complexity index is 807. The Hall–Kier alpha value is -3.10. The van der Waals surface area contributed by atoms with E-state index in [4.69, 9.17) is 9.47 Å². The van der Waals surface area contributed by atoms with Gasteiger partial charge in [-0.15, -0.1) is 0 Å². The summed E-state index contributed by atoms with van der Waals surface area (Å²) in [6.07, 6.45) is 5.33. The molecule has 31 heavy (non-hydrogen) atoms. The summed E-state index contributed by atoms with van der Waals surface area (Å²) in [5.74, 6) is -0.938. The molecule has 1 heterocycles. The summed E-state index contributed by atoms with van der Waals surface area (Å²) in [5, 5.41) is 2.73. The molecule has 0 spiro atoms. The summed E-state index contributed by atoms with van der Waals surface area (Å²) >= 11 is 0. The quantitative estimate of drug-likeness (QED) is 0.735. The zero-order valence-electron chi connectivity index (χ0n) is 18.0. The molecule has 9 heteroatoms. The van der Waals surface area contributed by atoms with Crippen molar-refractivity contribution < 1.29 is 28.7 Å². The lowest BCUT2D eigenvalue weighted by atomic mass is 9.88. The van der Waals surface area contributed by atoms with Gasteiger partial charge >= 0.3 is 18.0 Å². The second-order valence-electron chi connectivity index (χ2n) is 7.86. The predicted molar refractivity (Wildman–Crippen MR) is 113 cm³/mol. The monoisotopic (exact) mass is 431 g/mol. The summed E-state index contributed by atoms with van der Waals surface area (Å²) in [5.41, 5.74) is 0.543. The number of ether oxygens (including phenoxy) is 2. The van der Waals surface area contributed by atoms with Gasteiger partial charge < -0.3 is 24.6 Å². The van der Waals surface area contributed by atoms with Crippen LogP contribution in [-0.2, 0) is 14.3 Å². The summed E-state index contributed by atoms with van der Waals surface area (Å²) < 4.78 is 9.43. The van der Waals surface area contributed by atoms with Crippen LogP contribution in [0.15, 0.2) is 18.2 Å². The first kappa shape index (κ1) is 22.6. The van der Waals surface area contributed by atoms with Gasteiger partial charge in [0.15, 0.2) is 0 Å². The Morgan fingerprint density at radius 2 is 1.32 bits per heavy atom. The van der Waals surface area contributed by atoms with Crippen molar-refractivity contribution in [2.24, 2.45) is 5.92 Å². The molecular weight excluding hydrogens is 402 g/mol. The molecule has 1 aliphatic heterocycles. The topological polar surface area (TPSA) is 105 Å². The van der Waals surface area contributed by atoms with Gasteiger partial charge in [0, 0.05) is 37.8 Å². The minimum atomic E-state index is -0.629. The molecule has 168 valence electrons. The van der Waals surface area contributed by atoms with E-state index >= 15 is 0 Å². The molecule has 2 fully saturated rings. The molecule has 0 atom stereocenters. The number of methoxy groups -OCH3 is 2. The third-order valence-electron chi connectivity index (χ3n) is 5.86. The van der Waals surface area contributed by atoms with Crippen LogP contribution in [0.2, 0.25) is 0 Å². The number of carbonyl (C=O) groups is 4. The lowest BCUT2D eigenvalue weighted by Crippen LogP contribution is -2.53. The van der Waals surface area contributed by atoms with E-state index in [1.807, 2.05) is 4.90 Å². The molecule has 1 N–H and O–H groups in total. The number of anilines is 1. The molecular formula is C22H29N3O6. The SMILES string of the molecule is COC(=O)c1cc(NC(=O)N2CCN(C(=O)C3CCCCC3)CC2)cc(C(=O)OC)c1. The van der Waals surface area contributed by atoms with Gasteiger partial charge in [-0.1, -0.05) is 19.3 Å². The first-order valence-electron chi connectivity index (χ1n) is 10.6. The summed E-state index contributed by atoms with van der Waals surface area (Å²) in [4.78, 5) is 52.7. The van der Waals surface area contributed by atoms with Crippen molar-refractivity contribution in [2.45, 2.75) is 32.1 Å². The molecule has 0 radical (unpaired) electrons. The van der Waals surface area contributed by atoms with Gasteiger partial charge in [-0.3, -0.25) is 4.79 Å². The fraction of sp³-hybridized carbons (Fsp3) is 0.545. The summed E-state index contributed by atoms with van der Waals surface area (Å²) in [6.45, 7) is 1.84. The molecule has 1 aliphatic carbocycles. The number of nitrogens with one attached hydrogen (secondary N) is 1.